The van der Waals surface area contributed by atoms with E-state index >= 15 is 0 Å². The predicted molar refractivity (Wildman–Crippen MR) is 103 cm³/mol. The lowest BCUT2D eigenvalue weighted by Gasteiger charge is -2.37. The average molecular weight is 379 g/mol. The molecule has 6 heteroatoms. The van der Waals surface area contributed by atoms with Crippen LogP contribution in [-0.4, -0.2) is 35.6 Å². The molecule has 142 valence electrons. The molecular formula is C20H27ClN2O3. The van der Waals surface area contributed by atoms with Crippen molar-refractivity contribution in [2.45, 2.75) is 45.6 Å². The van der Waals surface area contributed by atoms with Gasteiger partial charge in [0.05, 0.1) is 23.9 Å². The molecule has 2 N–H and O–H groups in total. The maximum Gasteiger partial charge on any atom is 0.157 e. The fraction of sp³-hybridized carbons (Fsp3) is 0.550. The molecule has 0 spiro atoms. The number of benzene rings is 1. The number of carbonyl (C=O) groups is 1. The second-order valence-corrected chi connectivity index (χ2v) is 7.79. The summed E-state index contributed by atoms with van der Waals surface area (Å²) in [6.45, 7) is 5.80. The second kappa shape index (κ2) is 8.21. The minimum atomic E-state index is -0.215. The van der Waals surface area contributed by atoms with Gasteiger partial charge in [0.2, 0.25) is 0 Å². The highest BCUT2D eigenvalue weighted by Gasteiger charge is 2.33. The number of ether oxygens (including phenoxy) is 1. The molecule has 1 heterocycles. The first-order chi connectivity index (χ1) is 12.5. The van der Waals surface area contributed by atoms with Gasteiger partial charge in [-0.3, -0.25) is 4.79 Å². The summed E-state index contributed by atoms with van der Waals surface area (Å²) < 4.78 is 5.97. The first-order valence-electron chi connectivity index (χ1n) is 9.32. The first-order valence-corrected chi connectivity index (χ1v) is 9.70. The predicted octanol–water partition coefficient (Wildman–Crippen LogP) is 4.16. The number of phenolic OH excluding ortho intramolecular Hbond substituents is 1. The van der Waals surface area contributed by atoms with E-state index in [4.69, 9.17) is 16.3 Å². The fourth-order valence-electron chi connectivity index (χ4n) is 4.02. The molecule has 26 heavy (non-hydrogen) atoms. The summed E-state index contributed by atoms with van der Waals surface area (Å²) in [5, 5.41) is 13.5. The Morgan fingerprint density at radius 1 is 1.38 bits per heavy atom. The molecule has 5 nitrogen and oxygen atoms in total. The number of nitrogens with one attached hydrogen (secondary N) is 1. The Hall–Kier alpha value is -1.88. The number of hydrogen-bond acceptors (Lipinski definition) is 5. The molecule has 1 aromatic carbocycles. The van der Waals surface area contributed by atoms with Crippen LogP contribution < -0.4 is 10.1 Å². The van der Waals surface area contributed by atoms with Crippen LogP contribution in [-0.2, 0) is 0 Å². The molecule has 0 bridgehead atoms. The number of hydrogen-bond donors (Lipinski definition) is 2. The molecule has 2 aliphatic rings. The summed E-state index contributed by atoms with van der Waals surface area (Å²) in [7, 11) is 0. The molecule has 0 radical (unpaired) electrons. The van der Waals surface area contributed by atoms with Crippen molar-refractivity contribution in [2.24, 2.45) is 11.8 Å². The van der Waals surface area contributed by atoms with Crippen LogP contribution in [0.4, 0.5) is 0 Å². The Labute approximate surface area is 160 Å². The van der Waals surface area contributed by atoms with Gasteiger partial charge < -0.3 is 20.1 Å². The summed E-state index contributed by atoms with van der Waals surface area (Å²) in [6.07, 6.45) is 7.42. The monoisotopic (exact) mass is 378 g/mol. The van der Waals surface area contributed by atoms with Gasteiger partial charge in [-0.1, -0.05) is 24.4 Å². The molecule has 0 saturated heterocycles. The molecule has 1 saturated carbocycles. The highest BCUT2D eigenvalue weighted by molar-refractivity contribution is 6.32. The quantitative estimate of drug-likeness (QED) is 0.728. The smallest absolute Gasteiger partial charge is 0.157 e. The third kappa shape index (κ3) is 3.78. The summed E-state index contributed by atoms with van der Waals surface area (Å²) in [5.41, 5.74) is 1.48. The van der Waals surface area contributed by atoms with Crippen molar-refractivity contribution in [1.82, 2.24) is 10.2 Å². The fourth-order valence-corrected chi connectivity index (χ4v) is 4.18. The van der Waals surface area contributed by atoms with Gasteiger partial charge in [-0.15, -0.1) is 0 Å². The summed E-state index contributed by atoms with van der Waals surface area (Å²) in [6, 6.07) is 3.66. The molecule has 3 rings (SSSR count). The zero-order valence-electron chi connectivity index (χ0n) is 15.4. The van der Waals surface area contributed by atoms with Gasteiger partial charge in [0.1, 0.15) is 11.5 Å². The van der Waals surface area contributed by atoms with Crippen molar-refractivity contribution in [3.63, 3.8) is 0 Å². The van der Waals surface area contributed by atoms with Gasteiger partial charge in [-0.2, -0.15) is 0 Å². The zero-order valence-corrected chi connectivity index (χ0v) is 16.1. The molecule has 1 fully saturated rings. The Bertz CT molecular complexity index is 690. The highest BCUT2D eigenvalue weighted by Crippen LogP contribution is 2.39. The number of nitrogens with zero attached hydrogens (tertiary/aromatic N) is 1. The Morgan fingerprint density at radius 2 is 2.15 bits per heavy atom. The van der Waals surface area contributed by atoms with E-state index in [0.29, 0.717) is 36.5 Å². The zero-order chi connectivity index (χ0) is 18.7. The average Bonchev–Trinajstić information content (AvgIpc) is 3.13. The summed E-state index contributed by atoms with van der Waals surface area (Å²) >= 11 is 5.88. The lowest BCUT2D eigenvalue weighted by Crippen LogP contribution is -2.37. The van der Waals surface area contributed by atoms with Gasteiger partial charge >= 0.3 is 0 Å². The van der Waals surface area contributed by atoms with Gasteiger partial charge in [0.25, 0.3) is 0 Å². The van der Waals surface area contributed by atoms with Crippen LogP contribution in [0.2, 0.25) is 5.02 Å². The van der Waals surface area contributed by atoms with E-state index in [1.807, 2.05) is 0 Å². The lowest BCUT2D eigenvalue weighted by molar-refractivity contribution is 0.110. The van der Waals surface area contributed by atoms with Crippen molar-refractivity contribution >= 4 is 17.9 Å². The molecule has 1 aliphatic heterocycles. The highest BCUT2D eigenvalue weighted by atomic mass is 35.5. The number of aldehydes is 1. The first kappa shape index (κ1) is 18.9. The van der Waals surface area contributed by atoms with E-state index in [1.54, 1.807) is 12.1 Å². The number of aromatic hydroxyl groups is 1. The van der Waals surface area contributed by atoms with Crippen LogP contribution >= 0.6 is 11.6 Å². The number of phenols is 1. The van der Waals surface area contributed by atoms with E-state index in [0.717, 1.165) is 19.5 Å². The number of carbonyl (C=O) groups excluding carboxylic acids is 1. The molecular weight excluding hydrogens is 352 g/mol. The Kier molecular flexibility index (Phi) is 5.97. The summed E-state index contributed by atoms with van der Waals surface area (Å²) in [4.78, 5) is 13.7. The lowest BCUT2D eigenvalue weighted by atomic mass is 9.77. The second-order valence-electron chi connectivity index (χ2n) is 7.38. The minimum Gasteiger partial charge on any atom is -0.505 e. The van der Waals surface area contributed by atoms with Crippen molar-refractivity contribution < 1.29 is 14.6 Å². The molecule has 2 atom stereocenters. The van der Waals surface area contributed by atoms with Crippen LogP contribution in [0.25, 0.3) is 0 Å². The van der Waals surface area contributed by atoms with E-state index in [-0.39, 0.29) is 16.3 Å². The Balaban J connectivity index is 1.74. The number of allylic oxidation sites excluding steroid dienone is 1. The molecule has 2 unspecified atom stereocenters. The molecule has 1 aliphatic carbocycles. The van der Waals surface area contributed by atoms with E-state index in [9.17, 15) is 9.90 Å². The summed E-state index contributed by atoms with van der Waals surface area (Å²) in [5.74, 6) is 1.01. The topological polar surface area (TPSA) is 61.8 Å². The van der Waals surface area contributed by atoms with Crippen molar-refractivity contribution in [3.05, 3.63) is 34.6 Å². The van der Waals surface area contributed by atoms with E-state index in [2.05, 4.69) is 30.3 Å². The van der Waals surface area contributed by atoms with E-state index in [1.165, 1.54) is 18.5 Å². The van der Waals surface area contributed by atoms with Gasteiger partial charge in [-0.05, 0) is 38.8 Å². The van der Waals surface area contributed by atoms with Gasteiger partial charge in [0, 0.05) is 29.8 Å². The van der Waals surface area contributed by atoms with Crippen molar-refractivity contribution in [3.8, 4) is 11.5 Å². The maximum absolute atomic E-state index is 11.3. The van der Waals surface area contributed by atoms with Crippen LogP contribution in [0.5, 0.6) is 11.5 Å². The third-order valence-electron chi connectivity index (χ3n) is 5.45. The van der Waals surface area contributed by atoms with E-state index < -0.39 is 0 Å². The molecule has 1 aromatic rings. The van der Waals surface area contributed by atoms with Crippen LogP contribution in [0.1, 0.15) is 49.9 Å². The standard InChI is InChI=1S/C20H27ClN2O3/c1-13(2)23-12-22-9-18(23)15-6-4-3-5-14(15)11-26-19-8-7-17(21)20(25)16(19)10-24/h7-10,13-15,22,25H,3-6,11-12H2,1-2H3. The number of rotatable bonds is 6. The van der Waals surface area contributed by atoms with Gasteiger partial charge in [0.15, 0.2) is 6.29 Å². The van der Waals surface area contributed by atoms with Gasteiger partial charge in [-0.25, -0.2) is 0 Å². The largest absolute Gasteiger partial charge is 0.505 e. The van der Waals surface area contributed by atoms with Crippen molar-refractivity contribution in [2.75, 3.05) is 13.3 Å². The maximum atomic E-state index is 11.3. The van der Waals surface area contributed by atoms with Crippen LogP contribution in [0, 0.1) is 11.8 Å². The normalized spacial score (nSPS) is 22.9. The number of halogens is 1. The van der Waals surface area contributed by atoms with Crippen LogP contribution in [0.3, 0.4) is 0 Å². The Morgan fingerprint density at radius 3 is 2.88 bits per heavy atom. The molecule has 0 amide bonds. The SMILES string of the molecule is CC(C)N1CNC=C1C1CCCCC1COc1ccc(Cl)c(O)c1C=O. The van der Waals surface area contributed by atoms with Crippen molar-refractivity contribution in [1.29, 1.82) is 0 Å². The third-order valence-corrected chi connectivity index (χ3v) is 5.76. The molecule has 0 aromatic heterocycles. The van der Waals surface area contributed by atoms with Crippen LogP contribution in [0.15, 0.2) is 24.0 Å². The minimum absolute atomic E-state index is 0.121.